The molecule has 2 fully saturated rings. The number of carbonyl (C=O) groups is 2. The van der Waals surface area contributed by atoms with Crippen LogP contribution in [0.5, 0.6) is 0 Å². The second kappa shape index (κ2) is 6.18. The van der Waals surface area contributed by atoms with Crippen LogP contribution in [-0.2, 0) is 15.3 Å². The van der Waals surface area contributed by atoms with Gasteiger partial charge in [0.1, 0.15) is 0 Å². The molecule has 1 N–H and O–H groups in total. The molecule has 1 aromatic heterocycles. The van der Waals surface area contributed by atoms with Crippen LogP contribution in [0.4, 0.5) is 0 Å². The van der Waals surface area contributed by atoms with Gasteiger partial charge in [0.2, 0.25) is 5.91 Å². The number of thiophene rings is 1. The third-order valence-corrected chi connectivity index (χ3v) is 6.62. The zero-order chi connectivity index (χ0) is 15.0. The van der Waals surface area contributed by atoms with E-state index in [0.29, 0.717) is 12.2 Å². The average Bonchev–Trinajstić information content (AvgIpc) is 3.12. The molecular weight excluding hydrogens is 330 g/mol. The lowest BCUT2D eigenvalue weighted by atomic mass is 9.89. The van der Waals surface area contributed by atoms with Crippen molar-refractivity contribution < 1.29 is 14.7 Å². The van der Waals surface area contributed by atoms with Crippen LogP contribution in [0.2, 0.25) is 4.34 Å². The van der Waals surface area contributed by atoms with Crippen LogP contribution in [0.15, 0.2) is 12.1 Å². The summed E-state index contributed by atoms with van der Waals surface area (Å²) in [4.78, 5) is 26.6. The van der Waals surface area contributed by atoms with E-state index < -0.39 is 5.97 Å². The molecule has 7 heteroatoms. The van der Waals surface area contributed by atoms with E-state index >= 15 is 0 Å². The van der Waals surface area contributed by atoms with Crippen LogP contribution < -0.4 is 0 Å². The minimum absolute atomic E-state index is 0.0823. The first-order valence-corrected chi connectivity index (χ1v) is 9.27. The second-order valence-electron chi connectivity index (χ2n) is 5.48. The zero-order valence-corrected chi connectivity index (χ0v) is 13.7. The number of hydrogen-bond donors (Lipinski definition) is 1. The lowest BCUT2D eigenvalue weighted by molar-refractivity contribution is -0.143. The molecule has 2 aliphatic heterocycles. The van der Waals surface area contributed by atoms with Crippen molar-refractivity contribution in [2.45, 2.75) is 37.1 Å². The van der Waals surface area contributed by atoms with Gasteiger partial charge in [0.05, 0.1) is 16.0 Å². The van der Waals surface area contributed by atoms with Gasteiger partial charge in [-0.1, -0.05) is 11.6 Å². The maximum atomic E-state index is 12.4. The Morgan fingerprint density at radius 3 is 2.86 bits per heavy atom. The third kappa shape index (κ3) is 3.07. The maximum absolute atomic E-state index is 12.4. The predicted molar refractivity (Wildman–Crippen MR) is 84.9 cm³/mol. The molecule has 4 nitrogen and oxygen atoms in total. The minimum atomic E-state index is -0.763. The summed E-state index contributed by atoms with van der Waals surface area (Å²) in [5.74, 6) is 0.136. The quantitative estimate of drug-likeness (QED) is 0.890. The highest BCUT2D eigenvalue weighted by Crippen LogP contribution is 2.42. The summed E-state index contributed by atoms with van der Waals surface area (Å²) in [6, 6.07) is 3.89. The number of carbonyl (C=O) groups excluding carboxylic acids is 1. The van der Waals surface area contributed by atoms with Gasteiger partial charge in [-0.2, -0.15) is 0 Å². The summed E-state index contributed by atoms with van der Waals surface area (Å²) >= 11 is 8.98. The van der Waals surface area contributed by atoms with Crippen molar-refractivity contribution in [2.75, 3.05) is 5.75 Å². The third-order valence-electron chi connectivity index (χ3n) is 4.24. The fraction of sp³-hybridized carbons (Fsp3) is 0.571. The zero-order valence-electron chi connectivity index (χ0n) is 11.3. The number of aliphatic carboxylic acids is 1. The Hall–Kier alpha value is -0.720. The summed E-state index contributed by atoms with van der Waals surface area (Å²) in [6.07, 6.45) is 2.40. The van der Waals surface area contributed by atoms with E-state index in [1.807, 2.05) is 17.0 Å². The first kappa shape index (κ1) is 15.2. The van der Waals surface area contributed by atoms with E-state index in [1.54, 1.807) is 11.8 Å². The van der Waals surface area contributed by atoms with E-state index in [4.69, 9.17) is 11.6 Å². The number of carboxylic acids is 1. The summed E-state index contributed by atoms with van der Waals surface area (Å²) < 4.78 is 0.763. The Morgan fingerprint density at radius 2 is 2.24 bits per heavy atom. The number of nitrogens with zero attached hydrogens (tertiary/aromatic N) is 1. The summed E-state index contributed by atoms with van der Waals surface area (Å²) in [7, 11) is 0. The van der Waals surface area contributed by atoms with Crippen LogP contribution in [-0.4, -0.2) is 39.7 Å². The van der Waals surface area contributed by atoms with Crippen molar-refractivity contribution in [3.63, 3.8) is 0 Å². The Balaban J connectivity index is 1.53. The first-order chi connectivity index (χ1) is 10.1. The number of halogens is 1. The molecular formula is C14H16ClNO3S2. The summed E-state index contributed by atoms with van der Waals surface area (Å²) in [5, 5.41) is 9.21. The molecule has 2 bridgehead atoms. The second-order valence-corrected chi connectivity index (χ2v) is 8.26. The van der Waals surface area contributed by atoms with Gasteiger partial charge in [0.25, 0.3) is 0 Å². The molecule has 0 spiro atoms. The van der Waals surface area contributed by atoms with Crippen LogP contribution in [0.25, 0.3) is 0 Å². The molecule has 21 heavy (non-hydrogen) atoms. The predicted octanol–water partition coefficient (Wildman–Crippen LogP) is 3.10. The molecule has 0 aliphatic carbocycles. The SMILES string of the molecule is O=C(O)C1CC2CCC1N2C(=O)CSCc1ccc(Cl)s1. The van der Waals surface area contributed by atoms with Crippen LogP contribution in [0.3, 0.4) is 0 Å². The molecule has 0 saturated carbocycles. The van der Waals surface area contributed by atoms with Gasteiger partial charge in [0, 0.05) is 22.7 Å². The van der Waals surface area contributed by atoms with E-state index in [2.05, 4.69) is 0 Å². The molecule has 114 valence electrons. The molecule has 3 heterocycles. The highest BCUT2D eigenvalue weighted by molar-refractivity contribution is 7.99. The van der Waals surface area contributed by atoms with E-state index in [9.17, 15) is 14.7 Å². The molecule has 2 saturated heterocycles. The Bertz CT molecular complexity index is 562. The van der Waals surface area contributed by atoms with Crippen molar-refractivity contribution in [3.8, 4) is 0 Å². The largest absolute Gasteiger partial charge is 0.481 e. The normalized spacial score (nSPS) is 27.3. The number of rotatable bonds is 5. The fourth-order valence-electron chi connectivity index (χ4n) is 3.39. The topological polar surface area (TPSA) is 57.6 Å². The van der Waals surface area contributed by atoms with Crippen LogP contribution in [0, 0.1) is 5.92 Å². The fourth-order valence-corrected chi connectivity index (χ4v) is 5.48. The lowest BCUT2D eigenvalue weighted by Crippen LogP contribution is -2.38. The van der Waals surface area contributed by atoms with Gasteiger partial charge in [-0.05, 0) is 31.4 Å². The van der Waals surface area contributed by atoms with Crippen LogP contribution >= 0.6 is 34.7 Å². The maximum Gasteiger partial charge on any atom is 0.308 e. The molecule has 1 aromatic rings. The highest BCUT2D eigenvalue weighted by atomic mass is 35.5. The number of hydrogen-bond acceptors (Lipinski definition) is 4. The van der Waals surface area contributed by atoms with Gasteiger partial charge in [-0.3, -0.25) is 9.59 Å². The van der Waals surface area contributed by atoms with Gasteiger partial charge in [-0.15, -0.1) is 23.1 Å². The molecule has 3 atom stereocenters. The van der Waals surface area contributed by atoms with E-state index in [1.165, 1.54) is 11.3 Å². The highest BCUT2D eigenvalue weighted by Gasteiger charge is 2.50. The first-order valence-electron chi connectivity index (χ1n) is 6.92. The Morgan fingerprint density at radius 1 is 1.43 bits per heavy atom. The van der Waals surface area contributed by atoms with Crippen molar-refractivity contribution >= 4 is 46.6 Å². The van der Waals surface area contributed by atoms with Crippen molar-refractivity contribution in [1.82, 2.24) is 4.90 Å². The van der Waals surface area contributed by atoms with E-state index in [0.717, 1.165) is 27.8 Å². The summed E-state index contributed by atoms with van der Waals surface area (Å²) in [5.41, 5.74) is 0. The van der Waals surface area contributed by atoms with E-state index in [-0.39, 0.29) is 23.9 Å². The minimum Gasteiger partial charge on any atom is -0.481 e. The number of amides is 1. The monoisotopic (exact) mass is 345 g/mol. The molecule has 0 aromatic carbocycles. The Labute approximate surface area is 136 Å². The Kier molecular flexibility index (Phi) is 4.47. The molecule has 2 aliphatic rings. The average molecular weight is 346 g/mol. The lowest BCUT2D eigenvalue weighted by Gasteiger charge is -2.22. The smallest absolute Gasteiger partial charge is 0.308 e. The molecule has 3 unspecified atom stereocenters. The number of fused-ring (bicyclic) bond motifs is 2. The van der Waals surface area contributed by atoms with Crippen LogP contribution in [0.1, 0.15) is 24.1 Å². The molecule has 3 rings (SSSR count). The summed E-state index contributed by atoms with van der Waals surface area (Å²) in [6.45, 7) is 0. The van der Waals surface area contributed by atoms with Crippen molar-refractivity contribution in [2.24, 2.45) is 5.92 Å². The van der Waals surface area contributed by atoms with Gasteiger partial charge < -0.3 is 10.0 Å². The van der Waals surface area contributed by atoms with Crippen molar-refractivity contribution in [1.29, 1.82) is 0 Å². The van der Waals surface area contributed by atoms with Gasteiger partial charge in [0.15, 0.2) is 0 Å². The molecule has 1 amide bonds. The standard InChI is InChI=1S/C14H16ClNO3S2/c15-12-4-2-9(21-12)6-20-7-13(17)16-8-1-3-11(16)10(5-8)14(18)19/h2,4,8,10-11H,1,3,5-7H2,(H,18,19). The number of carboxylic acid groups (broad SMARTS) is 1. The number of thioether (sulfide) groups is 1. The van der Waals surface area contributed by atoms with Gasteiger partial charge >= 0.3 is 5.97 Å². The molecule has 0 radical (unpaired) electrons. The van der Waals surface area contributed by atoms with Gasteiger partial charge in [-0.25, -0.2) is 0 Å². The van der Waals surface area contributed by atoms with Crippen molar-refractivity contribution in [3.05, 3.63) is 21.3 Å².